The first-order chi connectivity index (χ1) is 11.8. The Morgan fingerprint density at radius 1 is 1.28 bits per heavy atom. The molecule has 0 bridgehead atoms. The first-order valence-electron chi connectivity index (χ1n) is 8.66. The van der Waals surface area contributed by atoms with Crippen LogP contribution in [0.4, 0.5) is 10.5 Å². The zero-order valence-electron chi connectivity index (χ0n) is 14.7. The Kier molecular flexibility index (Phi) is 4.26. The first kappa shape index (κ1) is 17.4. The molecule has 1 saturated carbocycles. The van der Waals surface area contributed by atoms with E-state index in [2.05, 4.69) is 5.32 Å². The topological polar surface area (TPSA) is 92.6 Å². The van der Waals surface area contributed by atoms with Crippen LogP contribution in [0.3, 0.4) is 0 Å². The number of amides is 3. The van der Waals surface area contributed by atoms with Gasteiger partial charge in [0, 0.05) is 11.6 Å². The minimum absolute atomic E-state index is 0.00123. The van der Waals surface area contributed by atoms with Gasteiger partial charge in [-0.25, -0.2) is 4.79 Å². The predicted octanol–water partition coefficient (Wildman–Crippen LogP) is 3.15. The van der Waals surface area contributed by atoms with Gasteiger partial charge in [0.15, 0.2) is 0 Å². The Morgan fingerprint density at radius 2 is 1.92 bits per heavy atom. The fraction of sp³-hybridized carbons (Fsp3) is 0.556. The summed E-state index contributed by atoms with van der Waals surface area (Å²) in [4.78, 5) is 37.6. The fourth-order valence-corrected chi connectivity index (χ4v) is 4.31. The Balaban J connectivity index is 1.92. The van der Waals surface area contributed by atoms with Crippen molar-refractivity contribution in [2.24, 2.45) is 11.8 Å². The lowest BCUT2D eigenvalue weighted by molar-refractivity contribution is -0.385. The van der Waals surface area contributed by atoms with Crippen LogP contribution in [0.5, 0.6) is 0 Å². The smallest absolute Gasteiger partial charge is 0.323 e. The van der Waals surface area contributed by atoms with Gasteiger partial charge in [-0.2, -0.15) is 0 Å². The van der Waals surface area contributed by atoms with Crippen molar-refractivity contribution in [1.29, 1.82) is 0 Å². The van der Waals surface area contributed by atoms with Crippen molar-refractivity contribution in [2.75, 3.05) is 0 Å². The van der Waals surface area contributed by atoms with E-state index in [1.165, 1.54) is 11.0 Å². The van der Waals surface area contributed by atoms with Crippen LogP contribution < -0.4 is 5.32 Å². The van der Waals surface area contributed by atoms with E-state index in [0.717, 1.165) is 19.3 Å². The molecule has 134 valence electrons. The van der Waals surface area contributed by atoms with Crippen molar-refractivity contribution >= 4 is 17.6 Å². The number of benzene rings is 1. The zero-order chi connectivity index (χ0) is 18.4. The molecule has 2 fully saturated rings. The lowest BCUT2D eigenvalue weighted by atomic mass is 9.67. The quantitative estimate of drug-likeness (QED) is 0.517. The Morgan fingerprint density at radius 3 is 2.52 bits per heavy atom. The van der Waals surface area contributed by atoms with Crippen molar-refractivity contribution in [3.8, 4) is 0 Å². The minimum atomic E-state index is -0.843. The highest BCUT2D eigenvalue weighted by Gasteiger charge is 2.58. The molecule has 1 aromatic rings. The number of carbonyl (C=O) groups excluding carboxylic acids is 2. The van der Waals surface area contributed by atoms with E-state index in [-0.39, 0.29) is 30.0 Å². The van der Waals surface area contributed by atoms with Crippen LogP contribution in [0, 0.1) is 28.9 Å². The number of imide groups is 1. The van der Waals surface area contributed by atoms with Crippen LogP contribution >= 0.6 is 0 Å². The summed E-state index contributed by atoms with van der Waals surface area (Å²) in [5, 5.41) is 14.1. The standard InChI is InChI=1S/C18H23N3O4/c1-11-6-4-7-12(2)18(11)16(22)20(17(23)19-18)10-14-8-5-9-15(13(14)3)21(24)25/h5,8-9,11-12H,4,6-7,10H2,1-3H3,(H,19,23)/t11-,12+,18?. The van der Waals surface area contributed by atoms with Crippen molar-refractivity contribution in [2.45, 2.75) is 52.1 Å². The van der Waals surface area contributed by atoms with Gasteiger partial charge in [-0.15, -0.1) is 0 Å². The predicted molar refractivity (Wildman–Crippen MR) is 91.8 cm³/mol. The van der Waals surface area contributed by atoms with Crippen molar-refractivity contribution in [3.63, 3.8) is 0 Å². The van der Waals surface area contributed by atoms with E-state index in [0.29, 0.717) is 11.1 Å². The summed E-state index contributed by atoms with van der Waals surface area (Å²) in [6, 6.07) is 4.33. The summed E-state index contributed by atoms with van der Waals surface area (Å²) in [6.45, 7) is 5.72. The average molecular weight is 345 g/mol. The van der Waals surface area contributed by atoms with Gasteiger partial charge in [0.2, 0.25) is 0 Å². The maximum atomic E-state index is 13.2. The fourth-order valence-electron chi connectivity index (χ4n) is 4.31. The summed E-state index contributed by atoms with van der Waals surface area (Å²) >= 11 is 0. The average Bonchev–Trinajstić information content (AvgIpc) is 2.80. The molecule has 1 heterocycles. The molecule has 7 heteroatoms. The highest BCUT2D eigenvalue weighted by atomic mass is 16.6. The second kappa shape index (κ2) is 6.13. The Hall–Kier alpha value is -2.44. The van der Waals surface area contributed by atoms with E-state index in [4.69, 9.17) is 0 Å². The molecular weight excluding hydrogens is 322 g/mol. The van der Waals surface area contributed by atoms with Gasteiger partial charge in [0.05, 0.1) is 11.5 Å². The van der Waals surface area contributed by atoms with Gasteiger partial charge in [-0.3, -0.25) is 19.8 Å². The van der Waals surface area contributed by atoms with Crippen molar-refractivity contribution in [3.05, 3.63) is 39.4 Å². The van der Waals surface area contributed by atoms with E-state index in [1.54, 1.807) is 19.1 Å². The molecule has 3 amide bonds. The van der Waals surface area contributed by atoms with Crippen LogP contribution in [-0.2, 0) is 11.3 Å². The Bertz CT molecular complexity index is 736. The number of nitro benzene ring substituents is 1. The van der Waals surface area contributed by atoms with Gasteiger partial charge in [0.1, 0.15) is 5.54 Å². The molecule has 1 aliphatic heterocycles. The third-order valence-corrected chi connectivity index (χ3v) is 5.93. The van der Waals surface area contributed by atoms with Crippen LogP contribution in [0.1, 0.15) is 44.2 Å². The van der Waals surface area contributed by atoms with E-state index in [9.17, 15) is 19.7 Å². The lowest BCUT2D eigenvalue weighted by Crippen LogP contribution is -2.58. The summed E-state index contributed by atoms with van der Waals surface area (Å²) in [6.07, 6.45) is 2.86. The SMILES string of the molecule is Cc1c(CN2C(=O)NC3(C2=O)[C@H](C)CCC[C@@H]3C)cccc1[N+](=O)[O-]. The molecule has 0 aromatic heterocycles. The Labute approximate surface area is 146 Å². The first-order valence-corrected chi connectivity index (χ1v) is 8.66. The molecular formula is C18H23N3O4. The number of nitrogens with one attached hydrogen (secondary N) is 1. The van der Waals surface area contributed by atoms with Crippen molar-refractivity contribution < 1.29 is 14.5 Å². The number of nitro groups is 1. The summed E-state index contributed by atoms with van der Waals surface area (Å²) in [7, 11) is 0. The minimum Gasteiger partial charge on any atom is -0.323 e. The summed E-state index contributed by atoms with van der Waals surface area (Å²) < 4.78 is 0. The summed E-state index contributed by atoms with van der Waals surface area (Å²) in [5.41, 5.74) is 0.257. The van der Waals surface area contributed by atoms with Crippen molar-refractivity contribution in [1.82, 2.24) is 10.2 Å². The third kappa shape index (κ3) is 2.58. The second-order valence-electron chi connectivity index (χ2n) is 7.24. The normalized spacial score (nSPS) is 29.2. The number of urea groups is 1. The molecule has 25 heavy (non-hydrogen) atoms. The van der Waals surface area contributed by atoms with Gasteiger partial charge in [0.25, 0.3) is 11.6 Å². The molecule has 1 unspecified atom stereocenters. The molecule has 1 saturated heterocycles. The van der Waals surface area contributed by atoms with Gasteiger partial charge in [-0.05, 0) is 37.2 Å². The number of carbonyl (C=O) groups is 2. The lowest BCUT2D eigenvalue weighted by Gasteiger charge is -2.42. The van der Waals surface area contributed by atoms with E-state index < -0.39 is 16.5 Å². The molecule has 1 aromatic carbocycles. The second-order valence-corrected chi connectivity index (χ2v) is 7.24. The van der Waals surface area contributed by atoms with Crippen LogP contribution in [0.15, 0.2) is 18.2 Å². The number of nitrogens with zero attached hydrogens (tertiary/aromatic N) is 2. The molecule has 3 rings (SSSR count). The number of hydrogen-bond donors (Lipinski definition) is 1. The van der Waals surface area contributed by atoms with E-state index in [1.807, 2.05) is 13.8 Å². The molecule has 0 radical (unpaired) electrons. The largest absolute Gasteiger partial charge is 0.325 e. The molecule has 1 N–H and O–H groups in total. The molecule has 1 aliphatic carbocycles. The van der Waals surface area contributed by atoms with Gasteiger partial charge < -0.3 is 5.32 Å². The molecule has 3 atom stereocenters. The summed E-state index contributed by atoms with van der Waals surface area (Å²) in [5.74, 6) is -0.0593. The molecule has 7 nitrogen and oxygen atoms in total. The maximum absolute atomic E-state index is 13.2. The third-order valence-electron chi connectivity index (χ3n) is 5.93. The van der Waals surface area contributed by atoms with Gasteiger partial charge in [-0.1, -0.05) is 32.4 Å². The highest BCUT2D eigenvalue weighted by molar-refractivity contribution is 6.07. The van der Waals surface area contributed by atoms with Gasteiger partial charge >= 0.3 is 6.03 Å². The zero-order valence-corrected chi connectivity index (χ0v) is 14.7. The van der Waals surface area contributed by atoms with Crippen LogP contribution in [-0.4, -0.2) is 27.3 Å². The monoisotopic (exact) mass is 345 g/mol. The molecule has 1 spiro atoms. The number of hydrogen-bond acceptors (Lipinski definition) is 4. The highest BCUT2D eigenvalue weighted by Crippen LogP contribution is 2.42. The molecule has 2 aliphatic rings. The van der Waals surface area contributed by atoms with E-state index >= 15 is 0 Å². The number of rotatable bonds is 3. The van der Waals surface area contributed by atoms with Crippen LogP contribution in [0.25, 0.3) is 0 Å². The van der Waals surface area contributed by atoms with Crippen LogP contribution in [0.2, 0.25) is 0 Å². The maximum Gasteiger partial charge on any atom is 0.325 e.